The van der Waals surface area contributed by atoms with E-state index in [1.807, 2.05) is 30.3 Å². The first-order chi connectivity index (χ1) is 10.2. The lowest BCUT2D eigenvalue weighted by atomic mass is 10.1. The van der Waals surface area contributed by atoms with E-state index in [0.29, 0.717) is 11.2 Å². The third kappa shape index (κ3) is 3.25. The number of hydrogen-bond acceptors (Lipinski definition) is 3. The van der Waals surface area contributed by atoms with Gasteiger partial charge >= 0.3 is 0 Å². The van der Waals surface area contributed by atoms with Crippen molar-refractivity contribution in [1.29, 1.82) is 0 Å². The SMILES string of the molecule is O=C(NCc1ccc(-c2ccoc2)cc1)c1ccc(Br)o1. The Hall–Kier alpha value is -2.27. The van der Waals surface area contributed by atoms with Crippen molar-refractivity contribution in [3.63, 3.8) is 0 Å². The number of rotatable bonds is 4. The van der Waals surface area contributed by atoms with Gasteiger partial charge in [-0.15, -0.1) is 0 Å². The van der Waals surface area contributed by atoms with E-state index in [0.717, 1.165) is 16.7 Å². The number of carbonyl (C=O) groups excluding carboxylic acids is 1. The molecule has 4 nitrogen and oxygen atoms in total. The standard InChI is InChI=1S/C16H12BrNO3/c17-15-6-5-14(21-15)16(19)18-9-11-1-3-12(4-2-11)13-7-8-20-10-13/h1-8,10H,9H2,(H,18,19). The summed E-state index contributed by atoms with van der Waals surface area (Å²) in [5.74, 6) is 0.0523. The van der Waals surface area contributed by atoms with Crippen LogP contribution in [0.2, 0.25) is 0 Å². The van der Waals surface area contributed by atoms with Crippen LogP contribution in [0.15, 0.2) is 68.5 Å². The summed E-state index contributed by atoms with van der Waals surface area (Å²) in [6.07, 6.45) is 3.34. The second kappa shape index (κ2) is 6.01. The Labute approximate surface area is 129 Å². The molecule has 1 amide bonds. The van der Waals surface area contributed by atoms with E-state index < -0.39 is 0 Å². The molecule has 0 unspecified atom stereocenters. The number of amides is 1. The van der Waals surface area contributed by atoms with E-state index in [1.165, 1.54) is 0 Å². The molecular formula is C16H12BrNO3. The zero-order valence-corrected chi connectivity index (χ0v) is 12.6. The van der Waals surface area contributed by atoms with Gasteiger partial charge in [0.15, 0.2) is 10.4 Å². The fourth-order valence-electron chi connectivity index (χ4n) is 1.95. The monoisotopic (exact) mass is 345 g/mol. The molecule has 21 heavy (non-hydrogen) atoms. The van der Waals surface area contributed by atoms with Gasteiger partial charge in [0.25, 0.3) is 5.91 Å². The second-order valence-corrected chi connectivity index (χ2v) is 5.28. The summed E-state index contributed by atoms with van der Waals surface area (Å²) >= 11 is 3.17. The smallest absolute Gasteiger partial charge is 0.287 e. The van der Waals surface area contributed by atoms with Gasteiger partial charge in [-0.05, 0) is 45.3 Å². The molecular weight excluding hydrogens is 334 g/mol. The first kappa shape index (κ1) is 13.7. The van der Waals surface area contributed by atoms with Gasteiger partial charge in [-0.1, -0.05) is 24.3 Å². The third-order valence-electron chi connectivity index (χ3n) is 3.06. The van der Waals surface area contributed by atoms with Gasteiger partial charge in [-0.2, -0.15) is 0 Å². The molecule has 0 atom stereocenters. The number of halogens is 1. The molecule has 5 heteroatoms. The van der Waals surface area contributed by atoms with Crippen LogP contribution in [0.25, 0.3) is 11.1 Å². The van der Waals surface area contributed by atoms with Gasteiger partial charge in [0.1, 0.15) is 0 Å². The Morgan fingerprint density at radius 3 is 2.48 bits per heavy atom. The molecule has 0 bridgehead atoms. The molecule has 1 aromatic carbocycles. The first-order valence-electron chi connectivity index (χ1n) is 6.37. The van der Waals surface area contributed by atoms with Crippen LogP contribution < -0.4 is 5.32 Å². The Bertz CT molecular complexity index is 729. The van der Waals surface area contributed by atoms with Crippen LogP contribution in [-0.4, -0.2) is 5.91 Å². The molecule has 2 aromatic heterocycles. The minimum atomic E-state index is -0.236. The minimum absolute atomic E-state index is 0.236. The highest BCUT2D eigenvalue weighted by molar-refractivity contribution is 9.10. The fraction of sp³-hybridized carbons (Fsp3) is 0.0625. The maximum atomic E-state index is 11.8. The van der Waals surface area contributed by atoms with E-state index in [2.05, 4.69) is 21.2 Å². The molecule has 3 aromatic rings. The van der Waals surface area contributed by atoms with Gasteiger partial charge in [-0.3, -0.25) is 4.79 Å². The van der Waals surface area contributed by atoms with Crippen LogP contribution in [0.4, 0.5) is 0 Å². The zero-order valence-electron chi connectivity index (χ0n) is 11.0. The quantitative estimate of drug-likeness (QED) is 0.769. The molecule has 3 rings (SSSR count). The van der Waals surface area contributed by atoms with Crippen molar-refractivity contribution in [3.05, 3.63) is 71.0 Å². The van der Waals surface area contributed by atoms with E-state index in [-0.39, 0.29) is 11.7 Å². The number of hydrogen-bond donors (Lipinski definition) is 1. The van der Waals surface area contributed by atoms with E-state index in [9.17, 15) is 4.79 Å². The van der Waals surface area contributed by atoms with E-state index in [4.69, 9.17) is 8.83 Å². The molecule has 0 aliphatic carbocycles. The normalized spacial score (nSPS) is 10.5. The average molecular weight is 346 g/mol. The number of benzene rings is 1. The fourth-order valence-corrected chi connectivity index (χ4v) is 2.26. The molecule has 0 aliphatic rings. The topological polar surface area (TPSA) is 55.4 Å². The van der Waals surface area contributed by atoms with Crippen molar-refractivity contribution < 1.29 is 13.6 Å². The molecule has 0 radical (unpaired) electrons. The highest BCUT2D eigenvalue weighted by Crippen LogP contribution is 2.20. The van der Waals surface area contributed by atoms with Crippen LogP contribution in [-0.2, 0) is 6.54 Å². The van der Waals surface area contributed by atoms with E-state index in [1.54, 1.807) is 24.7 Å². The highest BCUT2D eigenvalue weighted by Gasteiger charge is 2.09. The van der Waals surface area contributed by atoms with Crippen LogP contribution >= 0.6 is 15.9 Å². The lowest BCUT2D eigenvalue weighted by Crippen LogP contribution is -2.22. The minimum Gasteiger partial charge on any atom is -0.472 e. The lowest BCUT2D eigenvalue weighted by Gasteiger charge is -2.04. The van der Waals surface area contributed by atoms with Crippen LogP contribution in [0, 0.1) is 0 Å². The highest BCUT2D eigenvalue weighted by atomic mass is 79.9. The maximum absolute atomic E-state index is 11.8. The van der Waals surface area contributed by atoms with Gasteiger partial charge in [0.05, 0.1) is 12.5 Å². The van der Waals surface area contributed by atoms with Gasteiger partial charge in [0, 0.05) is 12.1 Å². The van der Waals surface area contributed by atoms with Crippen molar-refractivity contribution in [1.82, 2.24) is 5.32 Å². The zero-order chi connectivity index (χ0) is 14.7. The van der Waals surface area contributed by atoms with Gasteiger partial charge in [0.2, 0.25) is 0 Å². The van der Waals surface area contributed by atoms with Gasteiger partial charge < -0.3 is 14.2 Å². The van der Waals surface area contributed by atoms with Crippen LogP contribution in [0.5, 0.6) is 0 Å². The molecule has 1 N–H and O–H groups in total. The number of nitrogens with one attached hydrogen (secondary N) is 1. The van der Waals surface area contributed by atoms with E-state index >= 15 is 0 Å². The van der Waals surface area contributed by atoms with Crippen LogP contribution in [0.3, 0.4) is 0 Å². The average Bonchev–Trinajstić information content (AvgIpc) is 3.16. The van der Waals surface area contributed by atoms with Crippen molar-refractivity contribution in [3.8, 4) is 11.1 Å². The molecule has 0 aliphatic heterocycles. The maximum Gasteiger partial charge on any atom is 0.287 e. The van der Waals surface area contributed by atoms with Crippen molar-refractivity contribution >= 4 is 21.8 Å². The number of furan rings is 2. The molecule has 0 fully saturated rings. The summed E-state index contributed by atoms with van der Waals surface area (Å²) in [6.45, 7) is 0.447. The summed E-state index contributed by atoms with van der Waals surface area (Å²) < 4.78 is 10.8. The Morgan fingerprint density at radius 2 is 1.86 bits per heavy atom. The predicted molar refractivity (Wildman–Crippen MR) is 81.7 cm³/mol. The van der Waals surface area contributed by atoms with Gasteiger partial charge in [-0.25, -0.2) is 0 Å². The Kier molecular flexibility index (Phi) is 3.92. The molecule has 0 saturated carbocycles. The predicted octanol–water partition coefficient (Wildman–Crippen LogP) is 4.23. The summed E-state index contributed by atoms with van der Waals surface area (Å²) in [7, 11) is 0. The largest absolute Gasteiger partial charge is 0.472 e. The lowest BCUT2D eigenvalue weighted by molar-refractivity contribution is 0.0922. The summed E-state index contributed by atoms with van der Waals surface area (Å²) in [5.41, 5.74) is 3.13. The number of carbonyl (C=O) groups is 1. The Morgan fingerprint density at radius 1 is 1.05 bits per heavy atom. The summed E-state index contributed by atoms with van der Waals surface area (Å²) in [5, 5.41) is 2.81. The summed E-state index contributed by atoms with van der Waals surface area (Å²) in [4.78, 5) is 11.8. The summed E-state index contributed by atoms with van der Waals surface area (Å²) in [6, 6.07) is 13.2. The first-order valence-corrected chi connectivity index (χ1v) is 7.17. The van der Waals surface area contributed by atoms with Crippen molar-refractivity contribution in [2.24, 2.45) is 0 Å². The van der Waals surface area contributed by atoms with Crippen molar-refractivity contribution in [2.75, 3.05) is 0 Å². The third-order valence-corrected chi connectivity index (χ3v) is 3.48. The molecule has 106 valence electrons. The molecule has 2 heterocycles. The second-order valence-electron chi connectivity index (χ2n) is 4.50. The molecule has 0 saturated heterocycles. The van der Waals surface area contributed by atoms with Crippen molar-refractivity contribution in [2.45, 2.75) is 6.54 Å². The Balaban J connectivity index is 1.62. The van der Waals surface area contributed by atoms with Crippen LogP contribution in [0.1, 0.15) is 16.1 Å². The molecule has 0 spiro atoms.